The van der Waals surface area contributed by atoms with Gasteiger partial charge >= 0.3 is 5.97 Å². The van der Waals surface area contributed by atoms with Crippen LogP contribution in [0.15, 0.2) is 47.0 Å². The molecular formula is C21H17ClN2O5. The molecule has 3 aromatic rings. The molecule has 148 valence electrons. The second-order valence-electron chi connectivity index (χ2n) is 6.52. The molecule has 0 aliphatic carbocycles. The van der Waals surface area contributed by atoms with Gasteiger partial charge in [0.15, 0.2) is 12.4 Å². The number of carbonyl (C=O) groups is 2. The van der Waals surface area contributed by atoms with Crippen LogP contribution >= 0.6 is 11.6 Å². The molecule has 0 fully saturated rings. The fourth-order valence-corrected chi connectivity index (χ4v) is 3.07. The molecule has 7 nitrogen and oxygen atoms in total. The van der Waals surface area contributed by atoms with Crippen LogP contribution in [-0.2, 0) is 22.4 Å². The minimum Gasteiger partial charge on any atom is -0.493 e. The summed E-state index contributed by atoms with van der Waals surface area (Å²) in [6, 6.07) is 12.3. The quantitative estimate of drug-likeness (QED) is 0.431. The zero-order chi connectivity index (χ0) is 20.2. The van der Waals surface area contributed by atoms with Gasteiger partial charge in [-0.3, -0.25) is 9.59 Å². The van der Waals surface area contributed by atoms with E-state index in [-0.39, 0.29) is 25.2 Å². The minimum absolute atomic E-state index is 0.0353. The maximum Gasteiger partial charge on any atom is 0.306 e. The predicted molar refractivity (Wildman–Crippen MR) is 104 cm³/mol. The molecule has 4 rings (SSSR count). The van der Waals surface area contributed by atoms with Crippen molar-refractivity contribution < 1.29 is 23.6 Å². The van der Waals surface area contributed by atoms with E-state index >= 15 is 0 Å². The van der Waals surface area contributed by atoms with E-state index in [1.165, 1.54) is 0 Å². The Morgan fingerprint density at radius 1 is 1.14 bits per heavy atom. The molecule has 2 heterocycles. The molecule has 0 spiro atoms. The van der Waals surface area contributed by atoms with Crippen molar-refractivity contribution in [3.8, 4) is 17.1 Å². The molecule has 0 atom stereocenters. The number of fused-ring (bicyclic) bond motifs is 1. The number of aryl methyl sites for hydroxylation is 1. The molecule has 0 amide bonds. The highest BCUT2D eigenvalue weighted by Gasteiger charge is 2.17. The maximum atomic E-state index is 12.2. The molecule has 0 radical (unpaired) electrons. The Bertz CT molecular complexity index is 1050. The van der Waals surface area contributed by atoms with E-state index < -0.39 is 5.97 Å². The van der Waals surface area contributed by atoms with Crippen LogP contribution < -0.4 is 4.74 Å². The lowest BCUT2D eigenvalue weighted by Crippen LogP contribution is -2.14. The number of ketones is 1. The Morgan fingerprint density at radius 3 is 2.79 bits per heavy atom. The third-order valence-corrected chi connectivity index (χ3v) is 4.74. The first kappa shape index (κ1) is 19.1. The Morgan fingerprint density at radius 2 is 1.97 bits per heavy atom. The minimum atomic E-state index is -0.505. The van der Waals surface area contributed by atoms with Crippen molar-refractivity contribution in [1.82, 2.24) is 10.1 Å². The number of aromatic nitrogens is 2. The number of ether oxygens (including phenoxy) is 2. The van der Waals surface area contributed by atoms with Crippen LogP contribution in [0.3, 0.4) is 0 Å². The molecule has 0 saturated heterocycles. The average molecular weight is 413 g/mol. The molecule has 0 N–H and O–H groups in total. The third kappa shape index (κ3) is 4.63. The monoisotopic (exact) mass is 412 g/mol. The molecule has 0 unspecified atom stereocenters. The standard InChI is InChI=1S/C21H17ClN2O5/c22-16-4-1-13(2-5-16)21-23-19(29-24-21)7-8-20(26)28-12-17(25)14-3-6-18-15(11-14)9-10-27-18/h1-6,11H,7-10,12H2. The second-order valence-corrected chi connectivity index (χ2v) is 6.96. The summed E-state index contributed by atoms with van der Waals surface area (Å²) in [7, 11) is 0. The molecule has 0 saturated carbocycles. The summed E-state index contributed by atoms with van der Waals surface area (Å²) in [5.41, 5.74) is 2.26. The first-order valence-electron chi connectivity index (χ1n) is 9.11. The fourth-order valence-electron chi connectivity index (χ4n) is 2.94. The van der Waals surface area contributed by atoms with Gasteiger partial charge in [0.05, 0.1) is 13.0 Å². The van der Waals surface area contributed by atoms with Crippen molar-refractivity contribution in [1.29, 1.82) is 0 Å². The van der Waals surface area contributed by atoms with Crippen molar-refractivity contribution in [3.05, 3.63) is 64.5 Å². The summed E-state index contributed by atoms with van der Waals surface area (Å²) in [5, 5.41) is 4.50. The van der Waals surface area contributed by atoms with Gasteiger partial charge < -0.3 is 14.0 Å². The number of halogens is 1. The summed E-state index contributed by atoms with van der Waals surface area (Å²) in [6.07, 6.45) is 1.04. The van der Waals surface area contributed by atoms with E-state index in [2.05, 4.69) is 10.1 Å². The Balaban J connectivity index is 1.26. The molecule has 1 aliphatic heterocycles. The molecule has 0 bridgehead atoms. The highest BCUT2D eigenvalue weighted by molar-refractivity contribution is 6.30. The first-order chi connectivity index (χ1) is 14.1. The molecule has 2 aromatic carbocycles. The molecule has 29 heavy (non-hydrogen) atoms. The number of hydrogen-bond donors (Lipinski definition) is 0. The second kappa shape index (κ2) is 8.45. The summed E-state index contributed by atoms with van der Waals surface area (Å²) in [4.78, 5) is 28.4. The number of benzene rings is 2. The van der Waals surface area contributed by atoms with Crippen LogP contribution in [0.25, 0.3) is 11.4 Å². The smallest absolute Gasteiger partial charge is 0.306 e. The largest absolute Gasteiger partial charge is 0.493 e. The van der Waals surface area contributed by atoms with Gasteiger partial charge in [-0.2, -0.15) is 4.98 Å². The lowest BCUT2D eigenvalue weighted by atomic mass is 10.1. The Kier molecular flexibility index (Phi) is 5.57. The van der Waals surface area contributed by atoms with E-state index in [0.29, 0.717) is 28.9 Å². The normalized spacial score (nSPS) is 12.3. The molecule has 1 aliphatic rings. The van der Waals surface area contributed by atoms with Gasteiger partial charge in [-0.1, -0.05) is 16.8 Å². The average Bonchev–Trinajstić information content (AvgIpc) is 3.40. The van der Waals surface area contributed by atoms with Gasteiger partial charge in [0.2, 0.25) is 11.7 Å². The summed E-state index contributed by atoms with van der Waals surface area (Å²) in [6.45, 7) is 0.315. The maximum absolute atomic E-state index is 12.2. The summed E-state index contributed by atoms with van der Waals surface area (Å²) >= 11 is 5.86. The molecule has 1 aromatic heterocycles. The zero-order valence-corrected chi connectivity index (χ0v) is 16.1. The van der Waals surface area contributed by atoms with E-state index in [1.54, 1.807) is 42.5 Å². The Labute approximate surface area is 171 Å². The predicted octanol–water partition coefficient (Wildman–Crippen LogP) is 3.68. The number of nitrogens with zero attached hydrogens (tertiary/aromatic N) is 2. The lowest BCUT2D eigenvalue weighted by Gasteiger charge is -2.05. The Hall–Kier alpha value is -3.19. The van der Waals surface area contributed by atoms with Crippen molar-refractivity contribution in [2.45, 2.75) is 19.3 Å². The number of esters is 1. The van der Waals surface area contributed by atoms with Crippen LogP contribution in [0.1, 0.15) is 28.2 Å². The molecular weight excluding hydrogens is 396 g/mol. The van der Waals surface area contributed by atoms with E-state index in [9.17, 15) is 9.59 Å². The summed E-state index contributed by atoms with van der Waals surface area (Å²) in [5.74, 6) is 0.777. The van der Waals surface area contributed by atoms with Crippen LogP contribution in [0.2, 0.25) is 5.02 Å². The topological polar surface area (TPSA) is 91.5 Å². The van der Waals surface area contributed by atoms with Crippen molar-refractivity contribution in [3.63, 3.8) is 0 Å². The van der Waals surface area contributed by atoms with Gasteiger partial charge in [-0.25, -0.2) is 0 Å². The third-order valence-electron chi connectivity index (χ3n) is 4.49. The summed E-state index contributed by atoms with van der Waals surface area (Å²) < 4.78 is 15.7. The highest BCUT2D eigenvalue weighted by Crippen LogP contribution is 2.26. The van der Waals surface area contributed by atoms with Crippen LogP contribution in [0.5, 0.6) is 5.75 Å². The SMILES string of the molecule is O=C(CCc1nc(-c2ccc(Cl)cc2)no1)OCC(=O)c1ccc2c(c1)CCO2. The van der Waals surface area contributed by atoms with E-state index in [4.69, 9.17) is 25.6 Å². The van der Waals surface area contributed by atoms with Gasteiger partial charge in [0, 0.05) is 29.0 Å². The van der Waals surface area contributed by atoms with Gasteiger partial charge in [0.1, 0.15) is 5.75 Å². The van der Waals surface area contributed by atoms with Crippen molar-refractivity contribution >= 4 is 23.4 Å². The molecule has 8 heteroatoms. The number of rotatable bonds is 7. The lowest BCUT2D eigenvalue weighted by molar-refractivity contribution is -0.142. The number of carbonyl (C=O) groups excluding carboxylic acids is 2. The van der Waals surface area contributed by atoms with Gasteiger partial charge in [-0.05, 0) is 48.0 Å². The first-order valence-corrected chi connectivity index (χ1v) is 9.49. The van der Waals surface area contributed by atoms with Crippen molar-refractivity contribution in [2.24, 2.45) is 0 Å². The van der Waals surface area contributed by atoms with E-state index in [0.717, 1.165) is 23.3 Å². The van der Waals surface area contributed by atoms with Crippen LogP contribution in [-0.4, -0.2) is 35.1 Å². The number of hydrogen-bond acceptors (Lipinski definition) is 7. The highest BCUT2D eigenvalue weighted by atomic mass is 35.5. The number of Topliss-reactive ketones (excluding diaryl/α,β-unsaturated/α-hetero) is 1. The van der Waals surface area contributed by atoms with Crippen LogP contribution in [0, 0.1) is 0 Å². The van der Waals surface area contributed by atoms with Crippen LogP contribution in [0.4, 0.5) is 0 Å². The fraction of sp³-hybridized carbons (Fsp3) is 0.238. The zero-order valence-electron chi connectivity index (χ0n) is 15.4. The van der Waals surface area contributed by atoms with E-state index in [1.807, 2.05) is 0 Å². The van der Waals surface area contributed by atoms with Gasteiger partial charge in [-0.15, -0.1) is 0 Å². The van der Waals surface area contributed by atoms with Crippen molar-refractivity contribution in [2.75, 3.05) is 13.2 Å². The van der Waals surface area contributed by atoms with Gasteiger partial charge in [0.25, 0.3) is 0 Å².